The Labute approximate surface area is 123 Å². The number of fused-ring (bicyclic) bond motifs is 2. The Balaban J connectivity index is 1.92. The summed E-state index contributed by atoms with van der Waals surface area (Å²) in [6, 6.07) is 5.92. The number of aromatic amines is 2. The first-order valence-electron chi connectivity index (χ1n) is 6.70. The van der Waals surface area contributed by atoms with Crippen LogP contribution < -0.4 is 5.69 Å². The van der Waals surface area contributed by atoms with Gasteiger partial charge in [-0.05, 0) is 47.3 Å². The van der Waals surface area contributed by atoms with Crippen LogP contribution in [0.25, 0.3) is 22.3 Å². The molecule has 0 bridgehead atoms. The van der Waals surface area contributed by atoms with Crippen molar-refractivity contribution in [3.8, 4) is 11.3 Å². The summed E-state index contributed by atoms with van der Waals surface area (Å²) in [7, 11) is 0. The molecule has 0 spiro atoms. The normalized spacial score (nSPS) is 14.7. The Hall–Kier alpha value is -1.82. The standard InChI is InChI=1S/C14H13BrN4O/c15-13-18-12(11-3-1-2-6-19(11)13)8-4-5-9-10(7-8)17-14(20)16-9/h4-5,7H,1-3,6H2,(H2,16,17,20). The van der Waals surface area contributed by atoms with Gasteiger partial charge in [-0.1, -0.05) is 6.07 Å². The van der Waals surface area contributed by atoms with Crippen molar-refractivity contribution in [2.75, 3.05) is 0 Å². The maximum absolute atomic E-state index is 11.3. The van der Waals surface area contributed by atoms with E-state index < -0.39 is 0 Å². The van der Waals surface area contributed by atoms with E-state index in [0.717, 1.165) is 40.0 Å². The van der Waals surface area contributed by atoms with E-state index >= 15 is 0 Å². The second-order valence-corrected chi connectivity index (χ2v) is 5.83. The first-order valence-corrected chi connectivity index (χ1v) is 7.49. The first-order chi connectivity index (χ1) is 9.72. The van der Waals surface area contributed by atoms with Crippen LogP contribution in [0.15, 0.2) is 27.7 Å². The van der Waals surface area contributed by atoms with Gasteiger partial charge in [0.05, 0.1) is 16.7 Å². The van der Waals surface area contributed by atoms with E-state index in [1.807, 2.05) is 18.2 Å². The van der Waals surface area contributed by atoms with Gasteiger partial charge in [0.1, 0.15) is 0 Å². The molecule has 2 aromatic heterocycles. The molecule has 2 N–H and O–H groups in total. The molecule has 102 valence electrons. The molecule has 3 heterocycles. The monoisotopic (exact) mass is 332 g/mol. The third kappa shape index (κ3) is 1.75. The average Bonchev–Trinajstić information content (AvgIpc) is 2.98. The summed E-state index contributed by atoms with van der Waals surface area (Å²) in [6.07, 6.45) is 3.45. The van der Waals surface area contributed by atoms with Crippen LogP contribution in [0.2, 0.25) is 0 Å². The number of nitrogens with zero attached hydrogens (tertiary/aromatic N) is 2. The molecule has 4 rings (SSSR count). The molecule has 0 fully saturated rings. The van der Waals surface area contributed by atoms with Gasteiger partial charge in [0.2, 0.25) is 0 Å². The van der Waals surface area contributed by atoms with Crippen molar-refractivity contribution in [1.29, 1.82) is 0 Å². The van der Waals surface area contributed by atoms with Gasteiger partial charge in [-0.2, -0.15) is 0 Å². The van der Waals surface area contributed by atoms with Gasteiger partial charge in [0.25, 0.3) is 0 Å². The van der Waals surface area contributed by atoms with E-state index in [0.29, 0.717) is 0 Å². The Morgan fingerprint density at radius 2 is 2.05 bits per heavy atom. The molecular weight excluding hydrogens is 320 g/mol. The summed E-state index contributed by atoms with van der Waals surface area (Å²) in [5.41, 5.74) is 4.81. The maximum atomic E-state index is 11.3. The van der Waals surface area contributed by atoms with Crippen LogP contribution in [0.3, 0.4) is 0 Å². The second kappa shape index (κ2) is 4.34. The van der Waals surface area contributed by atoms with Gasteiger partial charge in [0, 0.05) is 17.8 Å². The lowest BCUT2D eigenvalue weighted by molar-refractivity contribution is 0.525. The topological polar surface area (TPSA) is 66.5 Å². The fraction of sp³-hybridized carbons (Fsp3) is 0.286. The number of hydrogen-bond acceptors (Lipinski definition) is 2. The van der Waals surface area contributed by atoms with Crippen molar-refractivity contribution in [1.82, 2.24) is 19.5 Å². The van der Waals surface area contributed by atoms with Crippen molar-refractivity contribution < 1.29 is 0 Å². The van der Waals surface area contributed by atoms with Crippen LogP contribution in [0, 0.1) is 0 Å². The van der Waals surface area contributed by atoms with E-state index in [9.17, 15) is 4.79 Å². The molecule has 6 heteroatoms. The van der Waals surface area contributed by atoms with Gasteiger partial charge in [0.15, 0.2) is 4.73 Å². The quantitative estimate of drug-likeness (QED) is 0.719. The highest BCUT2D eigenvalue weighted by Crippen LogP contribution is 2.31. The van der Waals surface area contributed by atoms with Gasteiger partial charge in [-0.15, -0.1) is 0 Å². The third-order valence-corrected chi connectivity index (χ3v) is 4.47. The van der Waals surface area contributed by atoms with Crippen molar-refractivity contribution in [3.05, 3.63) is 39.1 Å². The fourth-order valence-electron chi connectivity index (χ4n) is 2.91. The molecule has 20 heavy (non-hydrogen) atoms. The third-order valence-electron chi connectivity index (χ3n) is 3.86. The van der Waals surface area contributed by atoms with Crippen molar-refractivity contribution in [2.45, 2.75) is 25.8 Å². The Morgan fingerprint density at radius 3 is 2.95 bits per heavy atom. The Bertz CT molecular complexity index is 858. The molecule has 1 aliphatic heterocycles. The number of benzene rings is 1. The SMILES string of the molecule is O=c1[nH]c2ccc(-c3nc(Br)n4c3CCCC4)cc2[nH]1. The van der Waals surface area contributed by atoms with Crippen LogP contribution in [-0.2, 0) is 13.0 Å². The molecule has 5 nitrogen and oxygen atoms in total. The van der Waals surface area contributed by atoms with E-state index in [1.165, 1.54) is 18.5 Å². The minimum atomic E-state index is -0.176. The Morgan fingerprint density at radius 1 is 1.20 bits per heavy atom. The number of H-pyrrole nitrogens is 2. The smallest absolute Gasteiger partial charge is 0.322 e. The largest absolute Gasteiger partial charge is 0.323 e. The van der Waals surface area contributed by atoms with Gasteiger partial charge in [-0.3, -0.25) is 0 Å². The second-order valence-electron chi connectivity index (χ2n) is 5.12. The molecule has 0 saturated heterocycles. The van der Waals surface area contributed by atoms with E-state index in [-0.39, 0.29) is 5.69 Å². The minimum absolute atomic E-state index is 0.176. The van der Waals surface area contributed by atoms with Gasteiger partial charge >= 0.3 is 5.69 Å². The van der Waals surface area contributed by atoms with Crippen LogP contribution in [-0.4, -0.2) is 19.5 Å². The van der Waals surface area contributed by atoms with Gasteiger partial charge < -0.3 is 14.5 Å². The lowest BCUT2D eigenvalue weighted by atomic mass is 10.0. The Kier molecular flexibility index (Phi) is 2.60. The number of rotatable bonds is 1. The van der Waals surface area contributed by atoms with Gasteiger partial charge in [-0.25, -0.2) is 9.78 Å². The molecule has 0 aliphatic carbocycles. The zero-order chi connectivity index (χ0) is 13.7. The van der Waals surface area contributed by atoms with Crippen LogP contribution in [0.1, 0.15) is 18.5 Å². The predicted molar refractivity (Wildman–Crippen MR) is 80.8 cm³/mol. The highest BCUT2D eigenvalue weighted by molar-refractivity contribution is 9.10. The minimum Gasteiger partial charge on any atom is -0.322 e. The summed E-state index contributed by atoms with van der Waals surface area (Å²) < 4.78 is 3.13. The van der Waals surface area contributed by atoms with E-state index in [2.05, 4.69) is 35.4 Å². The molecule has 0 radical (unpaired) electrons. The highest BCUT2D eigenvalue weighted by atomic mass is 79.9. The molecule has 0 atom stereocenters. The lowest BCUT2D eigenvalue weighted by Crippen LogP contribution is -2.10. The van der Waals surface area contributed by atoms with E-state index in [1.54, 1.807) is 0 Å². The maximum Gasteiger partial charge on any atom is 0.323 e. The number of halogens is 1. The molecule has 0 unspecified atom stereocenters. The van der Waals surface area contributed by atoms with Crippen LogP contribution in [0.4, 0.5) is 0 Å². The van der Waals surface area contributed by atoms with Crippen LogP contribution >= 0.6 is 15.9 Å². The first kappa shape index (κ1) is 12.0. The molecule has 1 aromatic carbocycles. The molecule has 0 saturated carbocycles. The zero-order valence-electron chi connectivity index (χ0n) is 10.7. The van der Waals surface area contributed by atoms with Crippen LogP contribution in [0.5, 0.6) is 0 Å². The van der Waals surface area contributed by atoms with Crippen molar-refractivity contribution >= 4 is 27.0 Å². The number of imidazole rings is 2. The average molecular weight is 333 g/mol. The molecular formula is C14H13BrN4O. The number of nitrogens with one attached hydrogen (secondary N) is 2. The molecule has 0 amide bonds. The fourth-order valence-corrected chi connectivity index (χ4v) is 3.48. The zero-order valence-corrected chi connectivity index (χ0v) is 12.3. The van der Waals surface area contributed by atoms with Crippen molar-refractivity contribution in [3.63, 3.8) is 0 Å². The predicted octanol–water partition coefficient (Wildman–Crippen LogP) is 2.82. The molecule has 3 aromatic rings. The summed E-state index contributed by atoms with van der Waals surface area (Å²) >= 11 is 3.54. The summed E-state index contributed by atoms with van der Waals surface area (Å²) in [5, 5.41) is 0. The summed E-state index contributed by atoms with van der Waals surface area (Å²) in [6.45, 7) is 1.02. The number of aromatic nitrogens is 4. The van der Waals surface area contributed by atoms with Crippen molar-refractivity contribution in [2.24, 2.45) is 0 Å². The summed E-state index contributed by atoms with van der Waals surface area (Å²) in [4.78, 5) is 21.5. The van der Waals surface area contributed by atoms with E-state index in [4.69, 9.17) is 0 Å². The molecule has 1 aliphatic rings. The number of hydrogen-bond donors (Lipinski definition) is 2. The summed E-state index contributed by atoms with van der Waals surface area (Å²) in [5.74, 6) is 0. The lowest BCUT2D eigenvalue weighted by Gasteiger charge is -2.15. The highest BCUT2D eigenvalue weighted by Gasteiger charge is 2.19.